The highest BCUT2D eigenvalue weighted by atomic mass is 16.6. The lowest BCUT2D eigenvalue weighted by Crippen LogP contribution is -2.11. The fourth-order valence-electron chi connectivity index (χ4n) is 2.05. The topological polar surface area (TPSA) is 90.7 Å². The highest BCUT2D eigenvalue weighted by Crippen LogP contribution is 2.26. The predicted octanol–water partition coefficient (Wildman–Crippen LogP) is 3.01. The number of esters is 1. The summed E-state index contributed by atoms with van der Waals surface area (Å²) in [6, 6.07) is 13.4. The van der Waals surface area contributed by atoms with E-state index >= 15 is 0 Å². The van der Waals surface area contributed by atoms with Crippen molar-refractivity contribution in [2.45, 2.75) is 6.61 Å². The number of rotatable bonds is 8. The van der Waals surface area contributed by atoms with Gasteiger partial charge in [0, 0.05) is 19.7 Å². The van der Waals surface area contributed by atoms with Crippen LogP contribution in [0.4, 0.5) is 11.4 Å². The van der Waals surface area contributed by atoms with Gasteiger partial charge < -0.3 is 14.8 Å². The Hall–Kier alpha value is -2.93. The lowest BCUT2D eigenvalue weighted by Gasteiger charge is -2.09. The largest absolute Gasteiger partial charge is 0.457 e. The van der Waals surface area contributed by atoms with Crippen LogP contribution >= 0.6 is 0 Å². The summed E-state index contributed by atoms with van der Waals surface area (Å²) < 4.78 is 10.1. The summed E-state index contributed by atoms with van der Waals surface area (Å²) in [5.41, 5.74) is 1.13. The first-order valence-electron chi connectivity index (χ1n) is 7.34. The average molecular weight is 330 g/mol. The number of methoxy groups -OCH3 is 1. The SMILES string of the molecule is COCCNc1ccc(C(=O)OCc2ccccc2)cc1[N+](=O)[O-]. The first-order chi connectivity index (χ1) is 11.6. The van der Waals surface area contributed by atoms with Crippen molar-refractivity contribution >= 4 is 17.3 Å². The molecule has 0 aliphatic carbocycles. The molecule has 0 amide bonds. The van der Waals surface area contributed by atoms with Crippen LogP contribution in [-0.2, 0) is 16.1 Å². The number of hydrogen-bond acceptors (Lipinski definition) is 6. The van der Waals surface area contributed by atoms with E-state index in [0.717, 1.165) is 5.56 Å². The van der Waals surface area contributed by atoms with Crippen LogP contribution in [0.1, 0.15) is 15.9 Å². The number of nitrogens with zero attached hydrogens (tertiary/aromatic N) is 1. The average Bonchev–Trinajstić information content (AvgIpc) is 2.60. The maximum atomic E-state index is 12.1. The van der Waals surface area contributed by atoms with E-state index in [0.29, 0.717) is 18.8 Å². The number of anilines is 1. The molecule has 0 aliphatic heterocycles. The number of nitro benzene ring substituents is 1. The highest BCUT2D eigenvalue weighted by molar-refractivity contribution is 5.91. The zero-order valence-corrected chi connectivity index (χ0v) is 13.2. The molecule has 0 aromatic heterocycles. The molecule has 2 aromatic rings. The standard InChI is InChI=1S/C17H18N2O5/c1-23-10-9-18-15-8-7-14(11-16(15)19(21)22)17(20)24-12-13-5-3-2-4-6-13/h2-8,11,18H,9-10,12H2,1H3. The third kappa shape index (κ3) is 4.79. The maximum Gasteiger partial charge on any atom is 0.338 e. The van der Waals surface area contributed by atoms with E-state index in [1.165, 1.54) is 18.2 Å². The molecule has 0 saturated carbocycles. The Morgan fingerprint density at radius 2 is 1.96 bits per heavy atom. The second kappa shape index (κ2) is 8.64. The maximum absolute atomic E-state index is 12.1. The second-order valence-corrected chi connectivity index (χ2v) is 4.97. The molecule has 7 nitrogen and oxygen atoms in total. The molecule has 0 saturated heterocycles. The summed E-state index contributed by atoms with van der Waals surface area (Å²) in [5.74, 6) is -0.606. The van der Waals surface area contributed by atoms with Gasteiger partial charge in [0.1, 0.15) is 12.3 Å². The quantitative estimate of drug-likeness (QED) is 0.346. The van der Waals surface area contributed by atoms with Gasteiger partial charge in [-0.1, -0.05) is 30.3 Å². The minimum Gasteiger partial charge on any atom is -0.457 e. The van der Waals surface area contributed by atoms with Crippen LogP contribution in [0, 0.1) is 10.1 Å². The van der Waals surface area contributed by atoms with Crippen molar-refractivity contribution in [3.8, 4) is 0 Å². The normalized spacial score (nSPS) is 10.2. The minimum atomic E-state index is -0.606. The van der Waals surface area contributed by atoms with Gasteiger partial charge in [-0.05, 0) is 17.7 Å². The summed E-state index contributed by atoms with van der Waals surface area (Å²) in [6.07, 6.45) is 0. The van der Waals surface area contributed by atoms with Crippen LogP contribution in [-0.4, -0.2) is 31.2 Å². The minimum absolute atomic E-state index is 0.112. The highest BCUT2D eigenvalue weighted by Gasteiger charge is 2.18. The second-order valence-electron chi connectivity index (χ2n) is 4.97. The molecule has 0 radical (unpaired) electrons. The van der Waals surface area contributed by atoms with Crippen LogP contribution in [0.15, 0.2) is 48.5 Å². The molecule has 0 spiro atoms. The first-order valence-corrected chi connectivity index (χ1v) is 7.34. The number of nitrogens with one attached hydrogen (secondary N) is 1. The third-order valence-corrected chi connectivity index (χ3v) is 3.26. The summed E-state index contributed by atoms with van der Waals surface area (Å²) in [6.45, 7) is 0.953. The van der Waals surface area contributed by atoms with Crippen LogP contribution in [0.5, 0.6) is 0 Å². The van der Waals surface area contributed by atoms with Gasteiger partial charge in [-0.3, -0.25) is 10.1 Å². The lowest BCUT2D eigenvalue weighted by molar-refractivity contribution is -0.384. The lowest BCUT2D eigenvalue weighted by atomic mass is 10.1. The molecule has 0 bridgehead atoms. The molecule has 2 rings (SSSR count). The van der Waals surface area contributed by atoms with Crippen molar-refractivity contribution in [1.82, 2.24) is 0 Å². The van der Waals surface area contributed by atoms with Gasteiger partial charge in [-0.2, -0.15) is 0 Å². The van der Waals surface area contributed by atoms with E-state index in [4.69, 9.17) is 9.47 Å². The summed E-state index contributed by atoms with van der Waals surface area (Å²) in [5, 5.41) is 14.1. The van der Waals surface area contributed by atoms with Gasteiger partial charge >= 0.3 is 5.97 Å². The first kappa shape index (κ1) is 17.4. The zero-order chi connectivity index (χ0) is 17.4. The van der Waals surface area contributed by atoms with Crippen molar-refractivity contribution in [1.29, 1.82) is 0 Å². The van der Waals surface area contributed by atoms with E-state index in [9.17, 15) is 14.9 Å². The van der Waals surface area contributed by atoms with E-state index in [-0.39, 0.29) is 17.9 Å². The van der Waals surface area contributed by atoms with Gasteiger partial charge in [-0.15, -0.1) is 0 Å². The number of benzene rings is 2. The molecule has 0 atom stereocenters. The Balaban J connectivity index is 2.07. The Labute approximate surface area is 139 Å². The molecular weight excluding hydrogens is 312 g/mol. The van der Waals surface area contributed by atoms with E-state index in [1.54, 1.807) is 7.11 Å². The van der Waals surface area contributed by atoms with Crippen molar-refractivity contribution < 1.29 is 19.2 Å². The van der Waals surface area contributed by atoms with Gasteiger partial charge in [0.2, 0.25) is 0 Å². The summed E-state index contributed by atoms with van der Waals surface area (Å²) in [7, 11) is 1.54. The Kier molecular flexibility index (Phi) is 6.27. The molecule has 2 aromatic carbocycles. The Morgan fingerprint density at radius 3 is 2.62 bits per heavy atom. The summed E-state index contributed by atoms with van der Waals surface area (Å²) in [4.78, 5) is 22.7. The van der Waals surface area contributed by atoms with Crippen LogP contribution in [0.2, 0.25) is 0 Å². The molecule has 0 unspecified atom stereocenters. The molecule has 24 heavy (non-hydrogen) atoms. The third-order valence-electron chi connectivity index (χ3n) is 3.26. The molecule has 0 fully saturated rings. The molecule has 0 heterocycles. The Morgan fingerprint density at radius 1 is 1.21 bits per heavy atom. The van der Waals surface area contributed by atoms with Crippen LogP contribution in [0.25, 0.3) is 0 Å². The van der Waals surface area contributed by atoms with Crippen molar-refractivity contribution in [3.63, 3.8) is 0 Å². The van der Waals surface area contributed by atoms with Crippen molar-refractivity contribution in [2.75, 3.05) is 25.6 Å². The number of carbonyl (C=O) groups excluding carboxylic acids is 1. The molecule has 126 valence electrons. The smallest absolute Gasteiger partial charge is 0.338 e. The number of hydrogen-bond donors (Lipinski definition) is 1. The number of nitro groups is 1. The van der Waals surface area contributed by atoms with E-state index < -0.39 is 10.9 Å². The molecule has 1 N–H and O–H groups in total. The van der Waals surface area contributed by atoms with Crippen molar-refractivity contribution in [2.24, 2.45) is 0 Å². The zero-order valence-electron chi connectivity index (χ0n) is 13.2. The fourth-order valence-corrected chi connectivity index (χ4v) is 2.05. The number of ether oxygens (including phenoxy) is 2. The molecule has 0 aliphatic rings. The van der Waals surface area contributed by atoms with Crippen LogP contribution < -0.4 is 5.32 Å². The van der Waals surface area contributed by atoms with Crippen LogP contribution in [0.3, 0.4) is 0 Å². The fraction of sp³-hybridized carbons (Fsp3) is 0.235. The van der Waals surface area contributed by atoms with Gasteiger partial charge in [0.05, 0.1) is 17.1 Å². The van der Waals surface area contributed by atoms with Gasteiger partial charge in [-0.25, -0.2) is 4.79 Å². The van der Waals surface area contributed by atoms with E-state index in [1.807, 2.05) is 30.3 Å². The van der Waals surface area contributed by atoms with Gasteiger partial charge in [0.15, 0.2) is 0 Å². The van der Waals surface area contributed by atoms with Crippen molar-refractivity contribution in [3.05, 3.63) is 69.8 Å². The van der Waals surface area contributed by atoms with Gasteiger partial charge in [0.25, 0.3) is 5.69 Å². The van der Waals surface area contributed by atoms with E-state index in [2.05, 4.69) is 5.32 Å². The number of carbonyl (C=O) groups is 1. The summed E-state index contributed by atoms with van der Waals surface area (Å²) >= 11 is 0. The molecular formula is C17H18N2O5. The predicted molar refractivity (Wildman–Crippen MR) is 89.0 cm³/mol. The molecule has 7 heteroatoms. The Bertz CT molecular complexity index is 703. The monoisotopic (exact) mass is 330 g/mol.